The predicted molar refractivity (Wildman–Crippen MR) is 74.4 cm³/mol. The average Bonchev–Trinajstić information content (AvgIpc) is 2.37. The molecule has 1 aromatic heterocycles. The van der Waals surface area contributed by atoms with Crippen molar-refractivity contribution in [1.29, 1.82) is 0 Å². The Morgan fingerprint density at radius 3 is 2.35 bits per heavy atom. The summed E-state index contributed by atoms with van der Waals surface area (Å²) >= 11 is 0. The quantitative estimate of drug-likeness (QED) is 0.782. The highest BCUT2D eigenvalue weighted by Crippen LogP contribution is 2.05. The molecule has 110 valence electrons. The van der Waals surface area contributed by atoms with E-state index < -0.39 is 5.97 Å². The van der Waals surface area contributed by atoms with Gasteiger partial charge >= 0.3 is 5.97 Å². The molecule has 0 aliphatic heterocycles. The third kappa shape index (κ3) is 5.21. The molecular formula is C13H20N4O3. The molecule has 0 aliphatic carbocycles. The summed E-state index contributed by atoms with van der Waals surface area (Å²) in [5.74, 6) is -0.633. The van der Waals surface area contributed by atoms with Gasteiger partial charge < -0.3 is 14.9 Å². The van der Waals surface area contributed by atoms with Crippen LogP contribution in [0.15, 0.2) is 18.5 Å². The van der Waals surface area contributed by atoms with Crippen molar-refractivity contribution >= 4 is 17.8 Å². The van der Waals surface area contributed by atoms with Crippen molar-refractivity contribution in [2.75, 3.05) is 31.6 Å². The maximum absolute atomic E-state index is 12.2. The number of carbonyl (C=O) groups is 2. The van der Waals surface area contributed by atoms with Gasteiger partial charge in [-0.15, -0.1) is 0 Å². The number of hydrogen-bond donors (Lipinski definition) is 1. The maximum atomic E-state index is 12.2. The third-order valence-electron chi connectivity index (χ3n) is 2.53. The first-order valence-corrected chi connectivity index (χ1v) is 6.38. The van der Waals surface area contributed by atoms with Gasteiger partial charge in [0.1, 0.15) is 6.54 Å². The van der Waals surface area contributed by atoms with Crippen molar-refractivity contribution < 1.29 is 14.7 Å². The topological polar surface area (TPSA) is 86.6 Å². The van der Waals surface area contributed by atoms with Gasteiger partial charge in [-0.2, -0.15) is 0 Å². The van der Waals surface area contributed by atoms with Crippen LogP contribution >= 0.6 is 0 Å². The van der Waals surface area contributed by atoms with Crippen LogP contribution in [-0.4, -0.2) is 58.5 Å². The standard InChI is InChI=1S/C13H20N4O3/c1-10(2)7-17(9-12(19)20)11(18)8-16(3)13-14-5-4-6-15-13/h4-6,10H,7-9H2,1-3H3,(H,19,20). The Balaban J connectivity index is 2.67. The Kier molecular flexibility index (Phi) is 5.89. The summed E-state index contributed by atoms with van der Waals surface area (Å²) in [6.07, 6.45) is 3.18. The van der Waals surface area contributed by atoms with Crippen molar-refractivity contribution in [2.24, 2.45) is 5.92 Å². The molecule has 20 heavy (non-hydrogen) atoms. The molecular weight excluding hydrogens is 260 g/mol. The SMILES string of the molecule is CC(C)CN(CC(=O)O)C(=O)CN(C)c1ncccn1. The highest BCUT2D eigenvalue weighted by atomic mass is 16.4. The van der Waals surface area contributed by atoms with E-state index >= 15 is 0 Å². The van der Waals surface area contributed by atoms with Crippen molar-refractivity contribution in [3.63, 3.8) is 0 Å². The Morgan fingerprint density at radius 1 is 1.25 bits per heavy atom. The largest absolute Gasteiger partial charge is 0.480 e. The lowest BCUT2D eigenvalue weighted by Gasteiger charge is -2.25. The normalized spacial score (nSPS) is 10.4. The highest BCUT2D eigenvalue weighted by Gasteiger charge is 2.20. The summed E-state index contributed by atoms with van der Waals surface area (Å²) < 4.78 is 0. The van der Waals surface area contributed by atoms with Gasteiger partial charge in [0.05, 0.1) is 6.54 Å². The van der Waals surface area contributed by atoms with E-state index in [9.17, 15) is 9.59 Å². The number of aromatic nitrogens is 2. The van der Waals surface area contributed by atoms with Crippen LogP contribution < -0.4 is 4.90 Å². The lowest BCUT2D eigenvalue weighted by molar-refractivity contribution is -0.144. The number of hydrogen-bond acceptors (Lipinski definition) is 5. The van der Waals surface area contributed by atoms with Gasteiger partial charge in [-0.05, 0) is 12.0 Å². The number of anilines is 1. The van der Waals surface area contributed by atoms with Crippen LogP contribution in [0.1, 0.15) is 13.8 Å². The molecule has 1 rings (SSSR count). The van der Waals surface area contributed by atoms with Crippen molar-refractivity contribution in [3.8, 4) is 0 Å². The lowest BCUT2D eigenvalue weighted by Crippen LogP contribution is -2.43. The number of aliphatic carboxylic acids is 1. The number of rotatable bonds is 7. The van der Waals surface area contributed by atoms with Gasteiger partial charge in [-0.3, -0.25) is 9.59 Å². The van der Waals surface area contributed by atoms with Crippen LogP contribution in [0.4, 0.5) is 5.95 Å². The Hall–Kier alpha value is -2.18. The second-order valence-electron chi connectivity index (χ2n) is 4.97. The lowest BCUT2D eigenvalue weighted by atomic mass is 10.2. The van der Waals surface area contributed by atoms with Crippen LogP contribution in [0.25, 0.3) is 0 Å². The molecule has 1 heterocycles. The molecule has 0 bridgehead atoms. The minimum atomic E-state index is -1.02. The molecule has 1 aromatic rings. The highest BCUT2D eigenvalue weighted by molar-refractivity contribution is 5.84. The van der Waals surface area contributed by atoms with E-state index in [0.29, 0.717) is 12.5 Å². The number of carbonyl (C=O) groups excluding carboxylic acids is 1. The zero-order valence-corrected chi connectivity index (χ0v) is 12.0. The summed E-state index contributed by atoms with van der Waals surface area (Å²) in [4.78, 5) is 34.0. The van der Waals surface area contributed by atoms with E-state index in [0.717, 1.165) is 0 Å². The second kappa shape index (κ2) is 7.42. The Bertz CT molecular complexity index is 450. The van der Waals surface area contributed by atoms with E-state index in [4.69, 9.17) is 5.11 Å². The van der Waals surface area contributed by atoms with Crippen molar-refractivity contribution in [3.05, 3.63) is 18.5 Å². The zero-order chi connectivity index (χ0) is 15.1. The molecule has 0 unspecified atom stereocenters. The molecule has 0 fully saturated rings. The summed E-state index contributed by atoms with van der Waals surface area (Å²) in [6.45, 7) is 4.04. The molecule has 0 spiro atoms. The zero-order valence-electron chi connectivity index (χ0n) is 12.0. The minimum absolute atomic E-state index is 0.0456. The third-order valence-corrected chi connectivity index (χ3v) is 2.53. The average molecular weight is 280 g/mol. The van der Waals surface area contributed by atoms with E-state index in [1.165, 1.54) is 4.90 Å². The van der Waals surface area contributed by atoms with E-state index in [-0.39, 0.29) is 24.9 Å². The molecule has 0 radical (unpaired) electrons. The van der Waals surface area contributed by atoms with Gasteiger partial charge in [-0.1, -0.05) is 13.8 Å². The monoisotopic (exact) mass is 280 g/mol. The van der Waals surface area contributed by atoms with Crippen LogP contribution in [-0.2, 0) is 9.59 Å². The van der Waals surface area contributed by atoms with Crippen LogP contribution in [0.2, 0.25) is 0 Å². The minimum Gasteiger partial charge on any atom is -0.480 e. The van der Waals surface area contributed by atoms with Gasteiger partial charge in [-0.25, -0.2) is 9.97 Å². The number of nitrogens with zero attached hydrogens (tertiary/aromatic N) is 4. The first-order chi connectivity index (χ1) is 9.40. The molecule has 7 heteroatoms. The van der Waals surface area contributed by atoms with Gasteiger partial charge in [0.15, 0.2) is 0 Å². The van der Waals surface area contributed by atoms with Gasteiger partial charge in [0, 0.05) is 26.0 Å². The van der Waals surface area contributed by atoms with E-state index in [1.807, 2.05) is 13.8 Å². The first kappa shape index (κ1) is 15.9. The smallest absolute Gasteiger partial charge is 0.323 e. The molecule has 0 aliphatic rings. The molecule has 0 atom stereocenters. The van der Waals surface area contributed by atoms with Crippen LogP contribution in [0, 0.1) is 5.92 Å². The van der Waals surface area contributed by atoms with Gasteiger partial charge in [0.2, 0.25) is 11.9 Å². The molecule has 0 saturated heterocycles. The van der Waals surface area contributed by atoms with Crippen LogP contribution in [0.5, 0.6) is 0 Å². The van der Waals surface area contributed by atoms with Crippen molar-refractivity contribution in [2.45, 2.75) is 13.8 Å². The summed E-state index contributed by atoms with van der Waals surface area (Å²) in [6, 6.07) is 1.69. The number of likely N-dealkylation sites (N-methyl/N-ethyl adjacent to an activating group) is 1. The summed E-state index contributed by atoms with van der Waals surface area (Å²) in [5.41, 5.74) is 0. The Labute approximate surface area is 118 Å². The first-order valence-electron chi connectivity index (χ1n) is 6.38. The molecule has 1 amide bonds. The Morgan fingerprint density at radius 2 is 1.85 bits per heavy atom. The van der Waals surface area contributed by atoms with E-state index in [1.54, 1.807) is 30.4 Å². The fraction of sp³-hybridized carbons (Fsp3) is 0.538. The number of carboxylic acids is 1. The molecule has 0 saturated carbocycles. The number of carboxylic acid groups (broad SMARTS) is 1. The maximum Gasteiger partial charge on any atom is 0.323 e. The fourth-order valence-corrected chi connectivity index (χ4v) is 1.72. The summed E-state index contributed by atoms with van der Waals surface area (Å²) in [5, 5.41) is 8.86. The molecule has 0 aromatic carbocycles. The fourth-order valence-electron chi connectivity index (χ4n) is 1.72. The summed E-state index contributed by atoms with van der Waals surface area (Å²) in [7, 11) is 1.70. The van der Waals surface area contributed by atoms with Gasteiger partial charge in [0.25, 0.3) is 0 Å². The van der Waals surface area contributed by atoms with Crippen molar-refractivity contribution in [1.82, 2.24) is 14.9 Å². The predicted octanol–water partition coefficient (Wildman–Crippen LogP) is 0.482. The molecule has 7 nitrogen and oxygen atoms in total. The number of amides is 1. The second-order valence-corrected chi connectivity index (χ2v) is 4.97. The van der Waals surface area contributed by atoms with Crippen LogP contribution in [0.3, 0.4) is 0 Å². The van der Waals surface area contributed by atoms with E-state index in [2.05, 4.69) is 9.97 Å². The molecule has 1 N–H and O–H groups in total.